The molecule has 0 spiro atoms. The van der Waals surface area contributed by atoms with E-state index in [-0.39, 0.29) is 11.8 Å². The highest BCUT2D eigenvalue weighted by atomic mass is 16.4. The molecule has 4 heteroatoms. The molecule has 2 atom stereocenters. The van der Waals surface area contributed by atoms with Gasteiger partial charge in [0.05, 0.1) is 0 Å². The van der Waals surface area contributed by atoms with Crippen LogP contribution in [0.25, 0.3) is 0 Å². The van der Waals surface area contributed by atoms with Crippen LogP contribution in [0.4, 0.5) is 0 Å². The Bertz CT molecular complexity index is 285. The Morgan fingerprint density at radius 2 is 1.94 bits per heavy atom. The van der Waals surface area contributed by atoms with E-state index in [1.165, 1.54) is 32.6 Å². The SMILES string of the molecule is CCCC(CC1CCCC1)C(=O)N[C@H](C)C(=O)O. The van der Waals surface area contributed by atoms with Gasteiger partial charge in [-0.3, -0.25) is 9.59 Å². The minimum absolute atomic E-state index is 0.0140. The van der Waals surface area contributed by atoms with Crippen LogP contribution in [0.2, 0.25) is 0 Å². The van der Waals surface area contributed by atoms with Crippen molar-refractivity contribution in [2.24, 2.45) is 11.8 Å². The van der Waals surface area contributed by atoms with Crippen LogP contribution in [0, 0.1) is 11.8 Å². The smallest absolute Gasteiger partial charge is 0.325 e. The Hall–Kier alpha value is -1.06. The summed E-state index contributed by atoms with van der Waals surface area (Å²) in [7, 11) is 0. The van der Waals surface area contributed by atoms with Crippen LogP contribution in [-0.4, -0.2) is 23.0 Å². The van der Waals surface area contributed by atoms with Gasteiger partial charge in [0.25, 0.3) is 0 Å². The number of carbonyl (C=O) groups excluding carboxylic acids is 1. The van der Waals surface area contributed by atoms with Gasteiger partial charge in [0.15, 0.2) is 0 Å². The largest absolute Gasteiger partial charge is 0.480 e. The van der Waals surface area contributed by atoms with Crippen molar-refractivity contribution in [3.8, 4) is 0 Å². The van der Waals surface area contributed by atoms with E-state index < -0.39 is 12.0 Å². The van der Waals surface area contributed by atoms with Gasteiger partial charge in [-0.15, -0.1) is 0 Å². The summed E-state index contributed by atoms with van der Waals surface area (Å²) in [6.07, 6.45) is 7.74. The normalized spacial score (nSPS) is 19.4. The van der Waals surface area contributed by atoms with E-state index >= 15 is 0 Å². The van der Waals surface area contributed by atoms with Gasteiger partial charge >= 0.3 is 5.97 Å². The lowest BCUT2D eigenvalue weighted by molar-refractivity contribution is -0.142. The van der Waals surface area contributed by atoms with Crippen molar-refractivity contribution in [1.29, 1.82) is 0 Å². The van der Waals surface area contributed by atoms with Gasteiger partial charge in [0.2, 0.25) is 5.91 Å². The fourth-order valence-corrected chi connectivity index (χ4v) is 2.75. The predicted octanol–water partition coefficient (Wildman–Crippen LogP) is 2.57. The standard InChI is InChI=1S/C14H25NO3/c1-3-6-12(9-11-7-4-5-8-11)13(16)15-10(2)14(17)18/h10-12H,3-9H2,1-2H3,(H,15,16)(H,17,18)/t10-,12?/m1/s1. The second-order valence-corrected chi connectivity index (χ2v) is 5.44. The highest BCUT2D eigenvalue weighted by Crippen LogP contribution is 2.31. The van der Waals surface area contributed by atoms with Crippen LogP contribution in [0.5, 0.6) is 0 Å². The second-order valence-electron chi connectivity index (χ2n) is 5.44. The van der Waals surface area contributed by atoms with E-state index in [1.807, 2.05) is 0 Å². The summed E-state index contributed by atoms with van der Waals surface area (Å²) in [4.78, 5) is 22.8. The highest BCUT2D eigenvalue weighted by Gasteiger charge is 2.26. The van der Waals surface area contributed by atoms with Crippen LogP contribution in [0.3, 0.4) is 0 Å². The highest BCUT2D eigenvalue weighted by molar-refractivity contribution is 5.84. The minimum atomic E-state index is -0.973. The molecule has 1 amide bonds. The first-order valence-corrected chi connectivity index (χ1v) is 7.07. The Balaban J connectivity index is 2.48. The molecule has 0 radical (unpaired) electrons. The molecule has 1 unspecified atom stereocenters. The van der Waals surface area contributed by atoms with Gasteiger partial charge in [-0.1, -0.05) is 39.0 Å². The van der Waals surface area contributed by atoms with Gasteiger partial charge in [-0.25, -0.2) is 0 Å². The van der Waals surface area contributed by atoms with Crippen molar-refractivity contribution >= 4 is 11.9 Å². The van der Waals surface area contributed by atoms with Crippen LogP contribution < -0.4 is 5.32 Å². The molecule has 18 heavy (non-hydrogen) atoms. The number of amides is 1. The molecule has 1 rings (SSSR count). The van der Waals surface area contributed by atoms with Gasteiger partial charge in [0, 0.05) is 5.92 Å². The lowest BCUT2D eigenvalue weighted by Gasteiger charge is -2.21. The summed E-state index contributed by atoms with van der Waals surface area (Å²) in [6.45, 7) is 3.58. The molecular weight excluding hydrogens is 230 g/mol. The first kappa shape index (κ1) is 15.0. The third-order valence-electron chi connectivity index (χ3n) is 3.83. The quantitative estimate of drug-likeness (QED) is 0.734. The van der Waals surface area contributed by atoms with E-state index in [9.17, 15) is 9.59 Å². The third kappa shape index (κ3) is 4.67. The maximum absolute atomic E-state index is 12.1. The molecule has 4 nitrogen and oxygen atoms in total. The van der Waals surface area contributed by atoms with Crippen LogP contribution in [-0.2, 0) is 9.59 Å². The Kier molecular flexibility index (Phi) is 6.16. The second kappa shape index (κ2) is 7.39. The summed E-state index contributed by atoms with van der Waals surface area (Å²) >= 11 is 0. The van der Waals surface area contributed by atoms with Crippen molar-refractivity contribution < 1.29 is 14.7 Å². The Morgan fingerprint density at radius 3 is 2.44 bits per heavy atom. The van der Waals surface area contributed by atoms with Crippen molar-refractivity contribution in [1.82, 2.24) is 5.32 Å². The maximum Gasteiger partial charge on any atom is 0.325 e. The third-order valence-corrected chi connectivity index (χ3v) is 3.83. The summed E-state index contributed by atoms with van der Waals surface area (Å²) in [5.41, 5.74) is 0. The molecule has 1 aliphatic rings. The topological polar surface area (TPSA) is 66.4 Å². The fraction of sp³-hybridized carbons (Fsp3) is 0.857. The number of hydrogen-bond acceptors (Lipinski definition) is 2. The van der Waals surface area contributed by atoms with E-state index in [1.54, 1.807) is 0 Å². The van der Waals surface area contributed by atoms with Gasteiger partial charge in [0.1, 0.15) is 6.04 Å². The summed E-state index contributed by atoms with van der Waals surface area (Å²) in [5.74, 6) is -0.412. The summed E-state index contributed by atoms with van der Waals surface area (Å²) in [5, 5.41) is 11.4. The molecule has 1 aliphatic carbocycles. The molecule has 0 saturated heterocycles. The zero-order valence-electron chi connectivity index (χ0n) is 11.4. The molecule has 2 N–H and O–H groups in total. The number of carboxylic acids is 1. The lowest BCUT2D eigenvalue weighted by atomic mass is 9.89. The maximum atomic E-state index is 12.1. The zero-order chi connectivity index (χ0) is 13.5. The van der Waals surface area contributed by atoms with Gasteiger partial charge in [-0.2, -0.15) is 0 Å². The fourth-order valence-electron chi connectivity index (χ4n) is 2.75. The number of rotatable bonds is 7. The minimum Gasteiger partial charge on any atom is -0.480 e. The molecule has 1 fully saturated rings. The molecule has 0 bridgehead atoms. The van der Waals surface area contributed by atoms with Gasteiger partial charge in [-0.05, 0) is 25.7 Å². The molecule has 0 aromatic rings. The predicted molar refractivity (Wildman–Crippen MR) is 70.2 cm³/mol. The molecule has 104 valence electrons. The van der Waals surface area contributed by atoms with Crippen LogP contribution in [0.15, 0.2) is 0 Å². The van der Waals surface area contributed by atoms with Crippen molar-refractivity contribution in [2.75, 3.05) is 0 Å². The first-order chi connectivity index (χ1) is 8.54. The zero-order valence-corrected chi connectivity index (χ0v) is 11.4. The lowest BCUT2D eigenvalue weighted by Crippen LogP contribution is -2.42. The number of nitrogens with one attached hydrogen (secondary N) is 1. The molecule has 0 heterocycles. The molecular formula is C14H25NO3. The Morgan fingerprint density at radius 1 is 1.33 bits per heavy atom. The van der Waals surface area contributed by atoms with Gasteiger partial charge < -0.3 is 10.4 Å². The Labute approximate surface area is 109 Å². The van der Waals surface area contributed by atoms with Crippen molar-refractivity contribution in [3.05, 3.63) is 0 Å². The van der Waals surface area contributed by atoms with E-state index in [0.717, 1.165) is 19.3 Å². The monoisotopic (exact) mass is 255 g/mol. The number of aliphatic carboxylic acids is 1. The van der Waals surface area contributed by atoms with E-state index in [2.05, 4.69) is 12.2 Å². The molecule has 0 aromatic carbocycles. The van der Waals surface area contributed by atoms with E-state index in [4.69, 9.17) is 5.11 Å². The molecule has 0 aliphatic heterocycles. The number of carbonyl (C=O) groups is 2. The summed E-state index contributed by atoms with van der Waals surface area (Å²) in [6, 6.07) is -0.791. The number of hydrogen-bond donors (Lipinski definition) is 2. The average molecular weight is 255 g/mol. The first-order valence-electron chi connectivity index (χ1n) is 7.07. The van der Waals surface area contributed by atoms with Crippen molar-refractivity contribution in [2.45, 2.75) is 64.8 Å². The van der Waals surface area contributed by atoms with Crippen LogP contribution >= 0.6 is 0 Å². The van der Waals surface area contributed by atoms with Crippen LogP contribution in [0.1, 0.15) is 58.8 Å². The van der Waals surface area contributed by atoms with E-state index in [0.29, 0.717) is 5.92 Å². The molecule has 0 aromatic heterocycles. The van der Waals surface area contributed by atoms with Crippen molar-refractivity contribution in [3.63, 3.8) is 0 Å². The number of carboxylic acid groups (broad SMARTS) is 1. The average Bonchev–Trinajstić information content (AvgIpc) is 2.81. The summed E-state index contributed by atoms with van der Waals surface area (Å²) < 4.78 is 0. The molecule has 1 saturated carbocycles.